The van der Waals surface area contributed by atoms with Gasteiger partial charge in [0.05, 0.1) is 37.6 Å². The summed E-state index contributed by atoms with van der Waals surface area (Å²) in [6, 6.07) is 4.44. The first kappa shape index (κ1) is 19.2. The number of amides is 2. The van der Waals surface area contributed by atoms with Crippen LogP contribution in [0.1, 0.15) is 6.92 Å². The van der Waals surface area contributed by atoms with Crippen LogP contribution in [0, 0.1) is 5.82 Å². The zero-order valence-electron chi connectivity index (χ0n) is 14.8. The first-order chi connectivity index (χ1) is 13.0. The molecule has 2 amide bonds. The average Bonchev–Trinajstić information content (AvgIpc) is 3.10. The maximum atomic E-state index is 14.6. The zero-order valence-corrected chi connectivity index (χ0v) is 15.7. The van der Waals surface area contributed by atoms with Crippen molar-refractivity contribution in [1.82, 2.24) is 9.62 Å². The quantitative estimate of drug-likeness (QED) is 0.739. The summed E-state index contributed by atoms with van der Waals surface area (Å²) in [5.41, 5.74) is 0.927. The predicted molar refractivity (Wildman–Crippen MR) is 100 cm³/mol. The van der Waals surface area contributed by atoms with E-state index >= 15 is 0 Å². The molecule has 1 atom stereocenters. The van der Waals surface area contributed by atoms with E-state index in [0.717, 1.165) is 4.31 Å². The highest BCUT2D eigenvalue weighted by molar-refractivity contribution is 7.78. The molecule has 2 aliphatic rings. The van der Waals surface area contributed by atoms with E-state index in [0.29, 0.717) is 31.0 Å². The standard InChI is InChI=1S/C16H21FN6O3S/c1-2-26-16(25)23(27)9-11-8-22(20-19-11)12-3-4-14(13(17)7-12)21-6-5-18-15(24)10-21/h3-4,7,11,27H,2,5-6,8-10H2,1H3,(H,18,24). The van der Waals surface area contributed by atoms with Gasteiger partial charge in [0.15, 0.2) is 0 Å². The van der Waals surface area contributed by atoms with E-state index in [2.05, 4.69) is 28.5 Å². The smallest absolute Gasteiger partial charge is 0.419 e. The van der Waals surface area contributed by atoms with Gasteiger partial charge in [-0.3, -0.25) is 9.10 Å². The Morgan fingerprint density at radius 2 is 2.33 bits per heavy atom. The van der Waals surface area contributed by atoms with Crippen LogP contribution in [0.5, 0.6) is 0 Å². The van der Waals surface area contributed by atoms with Gasteiger partial charge in [-0.2, -0.15) is 5.11 Å². The monoisotopic (exact) mass is 396 g/mol. The summed E-state index contributed by atoms with van der Waals surface area (Å²) in [5, 5.41) is 12.4. The van der Waals surface area contributed by atoms with Gasteiger partial charge in [-0.05, 0) is 19.1 Å². The van der Waals surface area contributed by atoms with Crippen molar-refractivity contribution in [3.63, 3.8) is 0 Å². The maximum absolute atomic E-state index is 14.6. The molecule has 1 aromatic rings. The maximum Gasteiger partial charge on any atom is 0.419 e. The van der Waals surface area contributed by atoms with Crippen LogP contribution in [0.25, 0.3) is 0 Å². The van der Waals surface area contributed by atoms with Gasteiger partial charge in [0.25, 0.3) is 0 Å². The van der Waals surface area contributed by atoms with E-state index in [4.69, 9.17) is 4.74 Å². The fourth-order valence-electron chi connectivity index (χ4n) is 2.89. The van der Waals surface area contributed by atoms with E-state index < -0.39 is 11.9 Å². The summed E-state index contributed by atoms with van der Waals surface area (Å²) in [4.78, 5) is 24.8. The van der Waals surface area contributed by atoms with Gasteiger partial charge in [0.1, 0.15) is 11.9 Å². The number of benzene rings is 1. The number of hydrogen-bond acceptors (Lipinski definition) is 8. The molecule has 1 fully saturated rings. The van der Waals surface area contributed by atoms with Crippen LogP contribution in [0.2, 0.25) is 0 Å². The second-order valence-electron chi connectivity index (χ2n) is 6.13. The molecule has 1 saturated heterocycles. The number of carbonyl (C=O) groups is 2. The second-order valence-corrected chi connectivity index (χ2v) is 6.61. The third-order valence-corrected chi connectivity index (χ3v) is 4.50. The molecule has 9 nitrogen and oxygen atoms in total. The Morgan fingerprint density at radius 3 is 3.04 bits per heavy atom. The van der Waals surface area contributed by atoms with Crippen molar-refractivity contribution in [2.24, 2.45) is 10.3 Å². The van der Waals surface area contributed by atoms with Gasteiger partial charge in [0.2, 0.25) is 5.91 Å². The first-order valence-electron chi connectivity index (χ1n) is 8.60. The number of rotatable bonds is 5. The summed E-state index contributed by atoms with van der Waals surface area (Å²) in [6.45, 7) is 3.77. The SMILES string of the molecule is CCOC(=O)N(S)CC1CN(c2ccc(N3CCNC(=O)C3)c(F)c2)N=N1. The van der Waals surface area contributed by atoms with Crippen molar-refractivity contribution >= 4 is 36.2 Å². The molecule has 3 rings (SSSR count). The van der Waals surface area contributed by atoms with Gasteiger partial charge in [-0.1, -0.05) is 18.0 Å². The lowest BCUT2D eigenvalue weighted by atomic mass is 10.2. The molecule has 146 valence electrons. The fraction of sp³-hybridized carbons (Fsp3) is 0.500. The number of piperazine rings is 1. The lowest BCUT2D eigenvalue weighted by Crippen LogP contribution is -2.48. The molecule has 1 N–H and O–H groups in total. The molecular weight excluding hydrogens is 375 g/mol. The molecule has 27 heavy (non-hydrogen) atoms. The Morgan fingerprint density at radius 1 is 1.52 bits per heavy atom. The third-order valence-electron chi connectivity index (χ3n) is 4.18. The normalized spacial score (nSPS) is 19.2. The molecule has 0 spiro atoms. The Balaban J connectivity index is 1.61. The fourth-order valence-corrected chi connectivity index (χ4v) is 3.13. The largest absolute Gasteiger partial charge is 0.449 e. The van der Waals surface area contributed by atoms with Crippen molar-refractivity contribution in [2.45, 2.75) is 13.0 Å². The molecule has 0 saturated carbocycles. The highest BCUT2D eigenvalue weighted by Crippen LogP contribution is 2.28. The minimum atomic E-state index is -0.546. The topological polar surface area (TPSA) is 89.8 Å². The Hall–Kier alpha value is -2.56. The Kier molecular flexibility index (Phi) is 5.99. The van der Waals surface area contributed by atoms with Crippen LogP contribution in [-0.2, 0) is 9.53 Å². The molecule has 0 aromatic heterocycles. The van der Waals surface area contributed by atoms with Gasteiger partial charge < -0.3 is 15.0 Å². The third kappa shape index (κ3) is 4.59. The van der Waals surface area contributed by atoms with Crippen molar-refractivity contribution < 1.29 is 18.7 Å². The Labute approximate surface area is 161 Å². The summed E-state index contributed by atoms with van der Waals surface area (Å²) in [5.74, 6) is -0.554. The molecule has 0 bridgehead atoms. The predicted octanol–water partition coefficient (Wildman–Crippen LogP) is 1.62. The van der Waals surface area contributed by atoms with Crippen LogP contribution in [-0.4, -0.2) is 61.7 Å². The van der Waals surface area contributed by atoms with E-state index in [-0.39, 0.29) is 31.6 Å². The number of ether oxygens (including phenoxy) is 1. The average molecular weight is 396 g/mol. The van der Waals surface area contributed by atoms with E-state index in [1.54, 1.807) is 29.0 Å². The lowest BCUT2D eigenvalue weighted by Gasteiger charge is -2.29. The van der Waals surface area contributed by atoms with Crippen molar-refractivity contribution in [3.8, 4) is 0 Å². The number of nitrogens with one attached hydrogen (secondary N) is 1. The number of halogens is 1. The van der Waals surface area contributed by atoms with E-state index in [1.165, 1.54) is 6.07 Å². The van der Waals surface area contributed by atoms with Gasteiger partial charge >= 0.3 is 6.09 Å². The van der Waals surface area contributed by atoms with Gasteiger partial charge in [-0.15, -0.1) is 0 Å². The van der Waals surface area contributed by atoms with Crippen molar-refractivity contribution in [2.75, 3.05) is 49.2 Å². The molecule has 1 unspecified atom stereocenters. The number of hydrogen-bond donors (Lipinski definition) is 2. The number of thiol groups is 1. The van der Waals surface area contributed by atoms with Gasteiger partial charge in [0, 0.05) is 19.2 Å². The second kappa shape index (κ2) is 8.42. The van der Waals surface area contributed by atoms with Gasteiger partial charge in [-0.25, -0.2) is 14.2 Å². The minimum Gasteiger partial charge on any atom is -0.449 e. The van der Waals surface area contributed by atoms with Crippen LogP contribution in [0.3, 0.4) is 0 Å². The molecule has 2 heterocycles. The Bertz CT molecular complexity index is 749. The van der Waals surface area contributed by atoms with Crippen LogP contribution in [0.4, 0.5) is 20.6 Å². The molecule has 1 aromatic carbocycles. The summed E-state index contributed by atoms with van der Waals surface area (Å²) in [7, 11) is 0. The van der Waals surface area contributed by atoms with E-state index in [1.807, 2.05) is 0 Å². The van der Waals surface area contributed by atoms with Crippen molar-refractivity contribution in [3.05, 3.63) is 24.0 Å². The van der Waals surface area contributed by atoms with E-state index in [9.17, 15) is 14.0 Å². The highest BCUT2D eigenvalue weighted by atomic mass is 32.1. The molecule has 2 aliphatic heterocycles. The van der Waals surface area contributed by atoms with Crippen LogP contribution < -0.4 is 15.2 Å². The zero-order chi connectivity index (χ0) is 19.4. The summed E-state index contributed by atoms with van der Waals surface area (Å²) in [6.07, 6.45) is -0.546. The number of nitrogens with zero attached hydrogens (tertiary/aromatic N) is 5. The first-order valence-corrected chi connectivity index (χ1v) is 9.00. The molecular formula is C16H21FN6O3S. The lowest BCUT2D eigenvalue weighted by molar-refractivity contribution is -0.120. The summed E-state index contributed by atoms with van der Waals surface area (Å²) >= 11 is 4.09. The number of carbonyl (C=O) groups excluding carboxylic acids is 2. The number of anilines is 2. The van der Waals surface area contributed by atoms with Crippen LogP contribution in [0.15, 0.2) is 28.5 Å². The van der Waals surface area contributed by atoms with Crippen LogP contribution >= 0.6 is 12.8 Å². The highest BCUT2D eigenvalue weighted by Gasteiger charge is 2.26. The van der Waals surface area contributed by atoms with Crippen molar-refractivity contribution in [1.29, 1.82) is 0 Å². The molecule has 0 aliphatic carbocycles. The molecule has 11 heteroatoms. The minimum absolute atomic E-state index is 0.126. The molecule has 0 radical (unpaired) electrons. The summed E-state index contributed by atoms with van der Waals surface area (Å²) < 4.78 is 20.6.